The Morgan fingerprint density at radius 1 is 1.36 bits per heavy atom. The van der Waals surface area contributed by atoms with E-state index in [0.717, 1.165) is 37.4 Å². The monoisotopic (exact) mass is 305 g/mol. The fourth-order valence-corrected chi connectivity index (χ4v) is 3.79. The van der Waals surface area contributed by atoms with Crippen molar-refractivity contribution in [1.82, 2.24) is 9.78 Å². The molecule has 1 aliphatic heterocycles. The Hall–Kier alpha value is -1.36. The van der Waals surface area contributed by atoms with Gasteiger partial charge in [-0.3, -0.25) is 9.48 Å². The van der Waals surface area contributed by atoms with Crippen LogP contribution in [0.25, 0.3) is 0 Å². The molecule has 0 radical (unpaired) electrons. The number of carbonyl (C=O) groups excluding carboxylic acids is 1. The summed E-state index contributed by atoms with van der Waals surface area (Å²) >= 11 is 0. The van der Waals surface area contributed by atoms with Crippen LogP contribution < -0.4 is 5.32 Å². The number of nitrogens with one attached hydrogen (secondary N) is 1. The summed E-state index contributed by atoms with van der Waals surface area (Å²) in [6.45, 7) is 2.86. The smallest absolute Gasteiger partial charge is 0.231 e. The number of carbonyl (C=O) groups is 1. The second-order valence-electron chi connectivity index (χ2n) is 6.61. The molecule has 0 bridgehead atoms. The van der Waals surface area contributed by atoms with E-state index in [0.29, 0.717) is 5.92 Å². The van der Waals surface area contributed by atoms with Crippen LogP contribution in [0.2, 0.25) is 0 Å². The Morgan fingerprint density at radius 3 is 2.86 bits per heavy atom. The van der Waals surface area contributed by atoms with E-state index in [9.17, 15) is 4.79 Å². The highest BCUT2D eigenvalue weighted by molar-refractivity contribution is 5.92. The molecule has 1 saturated heterocycles. The standard InChI is InChI=1S/C17H27N3O2/c1-3-15-13(9-6-10-22-15)17(21)18-16-11-14(19-20(16)2)12-7-4-5-8-12/h11-13,15H,3-10H2,1-2H3,(H,18,21). The predicted molar refractivity (Wildman–Crippen MR) is 85.8 cm³/mol. The first-order valence-electron chi connectivity index (χ1n) is 8.65. The summed E-state index contributed by atoms with van der Waals surface area (Å²) in [4.78, 5) is 12.6. The molecule has 3 rings (SSSR count). The van der Waals surface area contributed by atoms with Crippen molar-refractivity contribution >= 4 is 11.7 Å². The fraction of sp³-hybridized carbons (Fsp3) is 0.765. The molecule has 1 aromatic heterocycles. The van der Waals surface area contributed by atoms with Gasteiger partial charge in [0.05, 0.1) is 17.7 Å². The first-order chi connectivity index (χ1) is 10.7. The lowest BCUT2D eigenvalue weighted by Crippen LogP contribution is -2.38. The zero-order valence-corrected chi connectivity index (χ0v) is 13.7. The van der Waals surface area contributed by atoms with E-state index < -0.39 is 0 Å². The molecule has 1 amide bonds. The zero-order chi connectivity index (χ0) is 15.5. The van der Waals surface area contributed by atoms with E-state index in [1.807, 2.05) is 7.05 Å². The molecule has 1 aliphatic carbocycles. The first kappa shape index (κ1) is 15.5. The van der Waals surface area contributed by atoms with Crippen LogP contribution in [0.4, 0.5) is 5.82 Å². The average Bonchev–Trinajstić information content (AvgIpc) is 3.17. The van der Waals surface area contributed by atoms with Gasteiger partial charge in [-0.2, -0.15) is 5.10 Å². The lowest BCUT2D eigenvalue weighted by molar-refractivity contribution is -0.129. The van der Waals surface area contributed by atoms with Crippen molar-refractivity contribution in [1.29, 1.82) is 0 Å². The Balaban J connectivity index is 1.68. The third-order valence-corrected chi connectivity index (χ3v) is 5.10. The molecular formula is C17H27N3O2. The molecule has 0 spiro atoms. The second-order valence-corrected chi connectivity index (χ2v) is 6.61. The summed E-state index contributed by atoms with van der Waals surface area (Å²) in [7, 11) is 1.91. The number of nitrogens with zero attached hydrogens (tertiary/aromatic N) is 2. The van der Waals surface area contributed by atoms with Gasteiger partial charge in [0.1, 0.15) is 5.82 Å². The number of anilines is 1. The van der Waals surface area contributed by atoms with Crippen molar-refractivity contribution in [2.24, 2.45) is 13.0 Å². The molecule has 1 N–H and O–H groups in total. The number of rotatable bonds is 4. The molecule has 22 heavy (non-hydrogen) atoms. The van der Waals surface area contributed by atoms with E-state index in [-0.39, 0.29) is 17.9 Å². The Kier molecular flexibility index (Phi) is 4.81. The minimum absolute atomic E-state index is 0.0384. The van der Waals surface area contributed by atoms with Gasteiger partial charge in [0.25, 0.3) is 0 Å². The number of hydrogen-bond donors (Lipinski definition) is 1. The van der Waals surface area contributed by atoms with Crippen LogP contribution in [0.1, 0.15) is 63.5 Å². The maximum Gasteiger partial charge on any atom is 0.231 e. The number of hydrogen-bond acceptors (Lipinski definition) is 3. The number of aromatic nitrogens is 2. The molecule has 2 fully saturated rings. The van der Waals surface area contributed by atoms with Crippen molar-refractivity contribution in [3.05, 3.63) is 11.8 Å². The summed E-state index contributed by atoms with van der Waals surface area (Å²) in [5, 5.41) is 7.67. The van der Waals surface area contributed by atoms with Crippen LogP contribution in [0.15, 0.2) is 6.07 Å². The van der Waals surface area contributed by atoms with Gasteiger partial charge in [0.2, 0.25) is 5.91 Å². The zero-order valence-electron chi connectivity index (χ0n) is 13.7. The van der Waals surface area contributed by atoms with Crippen molar-refractivity contribution in [2.45, 2.75) is 63.9 Å². The summed E-state index contributed by atoms with van der Waals surface area (Å²) in [5.74, 6) is 1.42. The quantitative estimate of drug-likeness (QED) is 0.929. The van der Waals surface area contributed by atoms with Crippen LogP contribution in [0.5, 0.6) is 0 Å². The topological polar surface area (TPSA) is 56.1 Å². The first-order valence-corrected chi connectivity index (χ1v) is 8.65. The van der Waals surface area contributed by atoms with Crippen LogP contribution >= 0.6 is 0 Å². The van der Waals surface area contributed by atoms with E-state index in [2.05, 4.69) is 23.4 Å². The molecule has 122 valence electrons. The van der Waals surface area contributed by atoms with Gasteiger partial charge in [-0.25, -0.2) is 0 Å². The van der Waals surface area contributed by atoms with Gasteiger partial charge >= 0.3 is 0 Å². The normalized spacial score (nSPS) is 26.3. The maximum absolute atomic E-state index is 12.6. The largest absolute Gasteiger partial charge is 0.377 e. The van der Waals surface area contributed by atoms with Crippen molar-refractivity contribution in [3.63, 3.8) is 0 Å². The van der Waals surface area contributed by atoms with Gasteiger partial charge in [0, 0.05) is 25.6 Å². The minimum Gasteiger partial charge on any atom is -0.377 e. The van der Waals surface area contributed by atoms with Crippen LogP contribution in [-0.4, -0.2) is 28.4 Å². The third-order valence-electron chi connectivity index (χ3n) is 5.10. The lowest BCUT2D eigenvalue weighted by atomic mass is 9.92. The molecule has 0 aromatic carbocycles. The number of amides is 1. The van der Waals surface area contributed by atoms with Crippen LogP contribution in [0, 0.1) is 5.92 Å². The second kappa shape index (κ2) is 6.82. The maximum atomic E-state index is 12.6. The van der Waals surface area contributed by atoms with Crippen molar-refractivity contribution < 1.29 is 9.53 Å². The fourth-order valence-electron chi connectivity index (χ4n) is 3.79. The molecule has 1 saturated carbocycles. The molecule has 2 heterocycles. The van der Waals surface area contributed by atoms with Gasteiger partial charge in [0.15, 0.2) is 0 Å². The Labute approximate surface area is 132 Å². The van der Waals surface area contributed by atoms with Gasteiger partial charge < -0.3 is 10.1 Å². The Bertz CT molecular complexity index is 520. The minimum atomic E-state index is -0.0384. The molecule has 2 unspecified atom stereocenters. The summed E-state index contributed by atoms with van der Waals surface area (Å²) < 4.78 is 7.53. The van der Waals surface area contributed by atoms with E-state index in [1.54, 1.807) is 4.68 Å². The van der Waals surface area contributed by atoms with Gasteiger partial charge in [-0.05, 0) is 32.1 Å². The average molecular weight is 305 g/mol. The molecule has 1 aromatic rings. The number of aryl methyl sites for hydroxylation is 1. The highest BCUT2D eigenvalue weighted by Crippen LogP contribution is 2.34. The van der Waals surface area contributed by atoms with Gasteiger partial charge in [-0.1, -0.05) is 19.8 Å². The molecule has 2 atom stereocenters. The molecular weight excluding hydrogens is 278 g/mol. The van der Waals surface area contributed by atoms with Crippen LogP contribution in [0.3, 0.4) is 0 Å². The predicted octanol–water partition coefficient (Wildman–Crippen LogP) is 3.22. The lowest BCUT2D eigenvalue weighted by Gasteiger charge is -2.29. The molecule has 2 aliphatic rings. The number of ether oxygens (including phenoxy) is 1. The van der Waals surface area contributed by atoms with E-state index in [4.69, 9.17) is 4.74 Å². The highest BCUT2D eigenvalue weighted by atomic mass is 16.5. The highest BCUT2D eigenvalue weighted by Gasteiger charge is 2.31. The summed E-state index contributed by atoms with van der Waals surface area (Å²) in [6.07, 6.45) is 7.84. The van der Waals surface area contributed by atoms with Crippen molar-refractivity contribution in [3.8, 4) is 0 Å². The third kappa shape index (κ3) is 3.19. The summed E-state index contributed by atoms with van der Waals surface area (Å²) in [5.41, 5.74) is 1.13. The molecule has 5 nitrogen and oxygen atoms in total. The van der Waals surface area contributed by atoms with E-state index >= 15 is 0 Å². The van der Waals surface area contributed by atoms with E-state index in [1.165, 1.54) is 25.7 Å². The van der Waals surface area contributed by atoms with Gasteiger partial charge in [-0.15, -0.1) is 0 Å². The Morgan fingerprint density at radius 2 is 2.14 bits per heavy atom. The van der Waals surface area contributed by atoms with Crippen molar-refractivity contribution in [2.75, 3.05) is 11.9 Å². The summed E-state index contributed by atoms with van der Waals surface area (Å²) in [6, 6.07) is 2.05. The SMILES string of the molecule is CCC1OCCCC1C(=O)Nc1cc(C2CCCC2)nn1C. The molecule has 5 heteroatoms. The van der Waals surface area contributed by atoms with Crippen LogP contribution in [-0.2, 0) is 16.6 Å².